The molecule has 0 aliphatic heterocycles. The highest BCUT2D eigenvalue weighted by Gasteiger charge is 2.30. The zero-order valence-electron chi connectivity index (χ0n) is 15.7. The van der Waals surface area contributed by atoms with E-state index in [9.17, 15) is 9.90 Å². The molecular weight excluding hydrogens is 302 g/mol. The molecule has 1 aromatic rings. The van der Waals surface area contributed by atoms with Gasteiger partial charge in [0.25, 0.3) is 0 Å². The number of aliphatic hydroxyl groups is 1. The second-order valence-corrected chi connectivity index (χ2v) is 6.76. The van der Waals surface area contributed by atoms with Gasteiger partial charge in [-0.2, -0.15) is 0 Å². The second-order valence-electron chi connectivity index (χ2n) is 6.76. The molecule has 5 unspecified atom stereocenters. The molecule has 0 radical (unpaired) electrons. The summed E-state index contributed by atoms with van der Waals surface area (Å²) in [7, 11) is 1.67. The van der Waals surface area contributed by atoms with Gasteiger partial charge in [-0.3, -0.25) is 4.79 Å². The maximum absolute atomic E-state index is 12.6. The first-order valence-electron chi connectivity index (χ1n) is 8.98. The van der Waals surface area contributed by atoms with Crippen molar-refractivity contribution in [3.63, 3.8) is 0 Å². The zero-order valence-corrected chi connectivity index (χ0v) is 15.7. The number of carbonyl (C=O) groups is 1. The Balaban J connectivity index is 2.64. The second kappa shape index (κ2) is 10.5. The van der Waals surface area contributed by atoms with Gasteiger partial charge in [-0.05, 0) is 24.8 Å². The molecule has 0 aliphatic rings. The Hall–Kier alpha value is -1.39. The van der Waals surface area contributed by atoms with Gasteiger partial charge in [0.1, 0.15) is 0 Å². The van der Waals surface area contributed by atoms with Crippen molar-refractivity contribution in [1.29, 1.82) is 0 Å². The van der Waals surface area contributed by atoms with Gasteiger partial charge in [-0.25, -0.2) is 0 Å². The van der Waals surface area contributed by atoms with E-state index in [-0.39, 0.29) is 24.0 Å². The number of aliphatic hydroxyl groups excluding tert-OH is 1. The van der Waals surface area contributed by atoms with Crippen LogP contribution >= 0.6 is 0 Å². The smallest absolute Gasteiger partial charge is 0.225 e. The number of benzene rings is 1. The van der Waals surface area contributed by atoms with Crippen LogP contribution in [0.25, 0.3) is 0 Å². The number of hydrogen-bond donors (Lipinski definition) is 2. The van der Waals surface area contributed by atoms with Crippen LogP contribution < -0.4 is 5.32 Å². The molecule has 4 nitrogen and oxygen atoms in total. The van der Waals surface area contributed by atoms with Crippen molar-refractivity contribution >= 4 is 5.91 Å². The van der Waals surface area contributed by atoms with Crippen LogP contribution in [0.2, 0.25) is 0 Å². The molecule has 0 fully saturated rings. The fraction of sp³-hybridized carbons (Fsp3) is 0.650. The number of nitrogens with one attached hydrogen (secondary N) is 1. The van der Waals surface area contributed by atoms with E-state index in [1.165, 1.54) is 0 Å². The van der Waals surface area contributed by atoms with Crippen LogP contribution in [0.3, 0.4) is 0 Å². The lowest BCUT2D eigenvalue weighted by molar-refractivity contribution is -0.131. The van der Waals surface area contributed by atoms with Crippen LogP contribution in [-0.4, -0.2) is 30.3 Å². The van der Waals surface area contributed by atoms with Gasteiger partial charge >= 0.3 is 0 Å². The van der Waals surface area contributed by atoms with Crippen LogP contribution in [0.15, 0.2) is 30.3 Å². The highest BCUT2D eigenvalue weighted by atomic mass is 16.5. The molecule has 136 valence electrons. The van der Waals surface area contributed by atoms with Gasteiger partial charge in [-0.15, -0.1) is 0 Å². The van der Waals surface area contributed by atoms with E-state index in [1.807, 2.05) is 44.2 Å². The molecule has 1 amide bonds. The lowest BCUT2D eigenvalue weighted by Crippen LogP contribution is -2.45. The SMILES string of the molecule is CCCCC(C)C(OC)C(C)C(=O)NC(C)C(O)c1ccccc1. The molecule has 5 atom stereocenters. The monoisotopic (exact) mass is 335 g/mol. The molecule has 1 rings (SSSR count). The third-order valence-electron chi connectivity index (χ3n) is 4.74. The maximum Gasteiger partial charge on any atom is 0.225 e. The summed E-state index contributed by atoms with van der Waals surface area (Å²) in [6, 6.07) is 9.04. The Bertz CT molecular complexity index is 477. The molecule has 0 spiro atoms. The van der Waals surface area contributed by atoms with E-state index in [0.717, 1.165) is 24.8 Å². The first-order chi connectivity index (χ1) is 11.4. The van der Waals surface area contributed by atoms with Crippen LogP contribution in [-0.2, 0) is 9.53 Å². The van der Waals surface area contributed by atoms with Crippen LogP contribution in [0.1, 0.15) is 58.6 Å². The molecule has 1 aromatic carbocycles. The first kappa shape index (κ1) is 20.7. The summed E-state index contributed by atoms with van der Waals surface area (Å²) in [6.07, 6.45) is 2.49. The standard InChI is InChI=1S/C20H33NO3/c1-6-7-11-14(2)19(24-5)15(3)20(23)21-16(4)18(22)17-12-9-8-10-13-17/h8-10,12-16,18-19,22H,6-7,11H2,1-5H3,(H,21,23). The largest absolute Gasteiger partial charge is 0.386 e. The first-order valence-corrected chi connectivity index (χ1v) is 8.98. The van der Waals surface area contributed by atoms with Crippen molar-refractivity contribution in [2.45, 2.75) is 65.2 Å². The molecule has 0 aliphatic carbocycles. The van der Waals surface area contributed by atoms with Gasteiger partial charge in [0.05, 0.1) is 24.2 Å². The summed E-state index contributed by atoms with van der Waals surface area (Å²) in [5.74, 6) is -0.00925. The van der Waals surface area contributed by atoms with E-state index < -0.39 is 6.10 Å². The number of carbonyl (C=O) groups excluding carboxylic acids is 1. The average molecular weight is 335 g/mol. The Labute approximate surface area is 146 Å². The number of amides is 1. The van der Waals surface area contributed by atoms with Crippen molar-refractivity contribution in [3.05, 3.63) is 35.9 Å². The summed E-state index contributed by atoms with van der Waals surface area (Å²) in [5, 5.41) is 13.3. The third kappa shape index (κ3) is 5.91. The number of unbranched alkanes of at least 4 members (excludes halogenated alkanes) is 1. The highest BCUT2D eigenvalue weighted by Crippen LogP contribution is 2.23. The van der Waals surface area contributed by atoms with Crippen LogP contribution in [0, 0.1) is 11.8 Å². The van der Waals surface area contributed by atoms with Gasteiger partial charge < -0.3 is 15.2 Å². The Morgan fingerprint density at radius 3 is 2.38 bits per heavy atom. The highest BCUT2D eigenvalue weighted by molar-refractivity contribution is 5.79. The predicted octanol–water partition coefficient (Wildman–Crippen LogP) is 3.70. The Kier molecular flexibility index (Phi) is 9.01. The van der Waals surface area contributed by atoms with Crippen molar-refractivity contribution in [3.8, 4) is 0 Å². The maximum atomic E-state index is 12.6. The number of methoxy groups -OCH3 is 1. The van der Waals surface area contributed by atoms with Crippen molar-refractivity contribution in [2.24, 2.45) is 11.8 Å². The Morgan fingerprint density at radius 1 is 1.21 bits per heavy atom. The van der Waals surface area contributed by atoms with Crippen molar-refractivity contribution < 1.29 is 14.6 Å². The fourth-order valence-electron chi connectivity index (χ4n) is 3.14. The molecule has 0 saturated carbocycles. The molecule has 0 saturated heterocycles. The summed E-state index contributed by atoms with van der Waals surface area (Å²) < 4.78 is 5.60. The van der Waals surface area contributed by atoms with Crippen LogP contribution in [0.5, 0.6) is 0 Å². The minimum atomic E-state index is -0.721. The lowest BCUT2D eigenvalue weighted by Gasteiger charge is -2.29. The molecule has 24 heavy (non-hydrogen) atoms. The van der Waals surface area contributed by atoms with Gasteiger partial charge in [0, 0.05) is 7.11 Å². The predicted molar refractivity (Wildman–Crippen MR) is 97.7 cm³/mol. The minimum absolute atomic E-state index is 0.0762. The van der Waals surface area contributed by atoms with E-state index >= 15 is 0 Å². The Morgan fingerprint density at radius 2 is 1.83 bits per heavy atom. The van der Waals surface area contributed by atoms with Crippen molar-refractivity contribution in [1.82, 2.24) is 5.32 Å². The van der Waals surface area contributed by atoms with Crippen molar-refractivity contribution in [2.75, 3.05) is 7.11 Å². The summed E-state index contributed by atoms with van der Waals surface area (Å²) in [4.78, 5) is 12.6. The van der Waals surface area contributed by atoms with E-state index in [1.54, 1.807) is 7.11 Å². The zero-order chi connectivity index (χ0) is 18.1. The third-order valence-corrected chi connectivity index (χ3v) is 4.74. The van der Waals surface area contributed by atoms with Gasteiger partial charge in [0.15, 0.2) is 0 Å². The van der Waals surface area contributed by atoms with Crippen LogP contribution in [0.4, 0.5) is 0 Å². The normalized spacial score (nSPS) is 17.6. The molecule has 0 heterocycles. The minimum Gasteiger partial charge on any atom is -0.386 e. The number of hydrogen-bond acceptors (Lipinski definition) is 3. The topological polar surface area (TPSA) is 58.6 Å². The number of ether oxygens (including phenoxy) is 1. The van der Waals surface area contributed by atoms with E-state index in [2.05, 4.69) is 19.2 Å². The fourth-order valence-corrected chi connectivity index (χ4v) is 3.14. The summed E-state index contributed by atoms with van der Waals surface area (Å²) >= 11 is 0. The average Bonchev–Trinajstić information content (AvgIpc) is 2.60. The number of rotatable bonds is 10. The van der Waals surface area contributed by atoms with E-state index in [0.29, 0.717) is 5.92 Å². The van der Waals surface area contributed by atoms with E-state index in [4.69, 9.17) is 4.74 Å². The van der Waals surface area contributed by atoms with Gasteiger partial charge in [-0.1, -0.05) is 63.9 Å². The molecular formula is C20H33NO3. The quantitative estimate of drug-likeness (QED) is 0.685. The molecule has 0 aromatic heterocycles. The molecule has 2 N–H and O–H groups in total. The molecule has 4 heteroatoms. The van der Waals surface area contributed by atoms with Gasteiger partial charge in [0.2, 0.25) is 5.91 Å². The summed E-state index contributed by atoms with van der Waals surface area (Å²) in [6.45, 7) is 8.02. The molecule has 0 bridgehead atoms. The lowest BCUT2D eigenvalue weighted by atomic mass is 9.88. The summed E-state index contributed by atoms with van der Waals surface area (Å²) in [5.41, 5.74) is 0.803.